The summed E-state index contributed by atoms with van der Waals surface area (Å²) in [6.45, 7) is 4.39. The number of fused-ring (bicyclic) bond motifs is 2. The summed E-state index contributed by atoms with van der Waals surface area (Å²) in [5, 5.41) is 15.2. The Morgan fingerprint density at radius 3 is 2.58 bits per heavy atom. The first-order valence-electron chi connectivity index (χ1n) is 11.1. The van der Waals surface area contributed by atoms with Gasteiger partial charge in [-0.25, -0.2) is 4.79 Å². The van der Waals surface area contributed by atoms with Gasteiger partial charge in [0, 0.05) is 73.4 Å². The minimum atomic E-state index is -0.829. The van der Waals surface area contributed by atoms with Crippen LogP contribution < -0.4 is 10.9 Å². The van der Waals surface area contributed by atoms with E-state index in [1.807, 2.05) is 53.6 Å². The highest BCUT2D eigenvalue weighted by Gasteiger charge is 2.31. The van der Waals surface area contributed by atoms with E-state index in [9.17, 15) is 14.7 Å². The summed E-state index contributed by atoms with van der Waals surface area (Å²) in [6, 6.07) is 16.1. The Labute approximate surface area is 190 Å². The van der Waals surface area contributed by atoms with E-state index in [1.54, 1.807) is 6.07 Å². The first-order chi connectivity index (χ1) is 16.1. The second kappa shape index (κ2) is 9.09. The van der Waals surface area contributed by atoms with Gasteiger partial charge in [0.05, 0.1) is 5.69 Å². The Hall–Kier alpha value is -3.62. The Morgan fingerprint density at radius 2 is 1.79 bits per heavy atom. The lowest BCUT2D eigenvalue weighted by atomic mass is 10.0. The lowest BCUT2D eigenvalue weighted by molar-refractivity contribution is -0.144. The number of carboxylic acids is 1. The number of anilines is 1. The molecule has 5 rings (SSSR count). The van der Waals surface area contributed by atoms with Gasteiger partial charge in [-0.15, -0.1) is 0 Å². The molecule has 1 atom stereocenters. The molecule has 0 radical (unpaired) electrons. The molecule has 1 aliphatic rings. The molecule has 3 N–H and O–H groups in total. The van der Waals surface area contributed by atoms with Crippen LogP contribution in [0.4, 0.5) is 5.69 Å². The van der Waals surface area contributed by atoms with Crippen molar-refractivity contribution in [3.05, 3.63) is 76.8 Å². The number of H-pyrrole nitrogens is 1. The zero-order valence-corrected chi connectivity index (χ0v) is 18.2. The Morgan fingerprint density at radius 1 is 1.06 bits per heavy atom. The Bertz CT molecular complexity index is 1340. The standard InChI is InChI=1S/C25H26N4O4/c30-23-15-21(18-6-2-4-8-22(18)33-23)26-9-10-28-11-13-29(14-12-28)24(25(31)32)19-16-27-20-7-3-1-5-17(19)20/h1-8,15-16,24,26-27H,9-14H2,(H,31,32)/t24-/m1/s1. The molecule has 8 heteroatoms. The van der Waals surface area contributed by atoms with Gasteiger partial charge in [0.1, 0.15) is 11.6 Å². The Balaban J connectivity index is 1.21. The van der Waals surface area contributed by atoms with Gasteiger partial charge in [-0.1, -0.05) is 30.3 Å². The van der Waals surface area contributed by atoms with E-state index >= 15 is 0 Å². The molecule has 4 aromatic rings. The normalized spacial score (nSPS) is 16.2. The van der Waals surface area contributed by atoms with Gasteiger partial charge in [0.2, 0.25) is 0 Å². The van der Waals surface area contributed by atoms with E-state index in [0.717, 1.165) is 47.2 Å². The van der Waals surface area contributed by atoms with Crippen LogP contribution in [-0.4, -0.2) is 65.1 Å². The quantitative estimate of drug-likeness (QED) is 0.375. The fourth-order valence-electron chi connectivity index (χ4n) is 4.66. The molecule has 1 saturated heterocycles. The molecule has 170 valence electrons. The third-order valence-corrected chi connectivity index (χ3v) is 6.32. The van der Waals surface area contributed by atoms with Crippen LogP contribution in [0.25, 0.3) is 21.9 Å². The number of para-hydroxylation sites is 2. The van der Waals surface area contributed by atoms with Crippen molar-refractivity contribution in [1.82, 2.24) is 14.8 Å². The third-order valence-electron chi connectivity index (χ3n) is 6.32. The number of rotatable bonds is 7. The van der Waals surface area contributed by atoms with Crippen molar-refractivity contribution in [2.45, 2.75) is 6.04 Å². The van der Waals surface area contributed by atoms with Crippen molar-refractivity contribution in [1.29, 1.82) is 0 Å². The number of piperazine rings is 1. The van der Waals surface area contributed by atoms with Crippen LogP contribution in [0.3, 0.4) is 0 Å². The average molecular weight is 447 g/mol. The molecule has 3 heterocycles. The summed E-state index contributed by atoms with van der Waals surface area (Å²) in [6.07, 6.45) is 1.82. The lowest BCUT2D eigenvalue weighted by Gasteiger charge is -2.37. The summed E-state index contributed by atoms with van der Waals surface area (Å²) in [5.41, 5.74) is 2.72. The molecular formula is C25H26N4O4. The molecule has 0 unspecified atom stereocenters. The van der Waals surface area contributed by atoms with E-state index in [4.69, 9.17) is 4.42 Å². The summed E-state index contributed by atoms with van der Waals surface area (Å²) in [4.78, 5) is 31.5. The number of carbonyl (C=O) groups is 1. The van der Waals surface area contributed by atoms with Crippen LogP contribution >= 0.6 is 0 Å². The summed E-state index contributed by atoms with van der Waals surface area (Å²) in [7, 11) is 0. The predicted molar refractivity (Wildman–Crippen MR) is 128 cm³/mol. The summed E-state index contributed by atoms with van der Waals surface area (Å²) < 4.78 is 5.25. The smallest absolute Gasteiger partial charge is 0.338 e. The van der Waals surface area contributed by atoms with Crippen molar-refractivity contribution in [3.63, 3.8) is 0 Å². The highest BCUT2D eigenvalue weighted by molar-refractivity contribution is 5.90. The zero-order valence-electron chi connectivity index (χ0n) is 18.2. The molecule has 0 bridgehead atoms. The SMILES string of the molecule is O=C(O)[C@@H](c1c[nH]c2ccccc12)N1CCN(CCNc2cc(=O)oc3ccccc23)CC1. The second-order valence-corrected chi connectivity index (χ2v) is 8.31. The number of benzene rings is 2. The molecular weight excluding hydrogens is 420 g/mol. The lowest BCUT2D eigenvalue weighted by Crippen LogP contribution is -2.50. The molecule has 0 amide bonds. The largest absolute Gasteiger partial charge is 0.480 e. The van der Waals surface area contributed by atoms with Gasteiger partial charge in [-0.2, -0.15) is 0 Å². The maximum atomic E-state index is 12.2. The van der Waals surface area contributed by atoms with Gasteiger partial charge in [0.15, 0.2) is 0 Å². The van der Waals surface area contributed by atoms with Crippen molar-refractivity contribution in [3.8, 4) is 0 Å². The molecule has 1 aliphatic heterocycles. The van der Waals surface area contributed by atoms with E-state index < -0.39 is 12.0 Å². The topological polar surface area (TPSA) is 102 Å². The maximum Gasteiger partial charge on any atom is 0.338 e. The van der Waals surface area contributed by atoms with Crippen LogP contribution in [-0.2, 0) is 4.79 Å². The number of aliphatic carboxylic acids is 1. The number of hydrogen-bond acceptors (Lipinski definition) is 6. The number of nitrogens with one attached hydrogen (secondary N) is 2. The predicted octanol–water partition coefficient (Wildman–Crippen LogP) is 3.13. The van der Waals surface area contributed by atoms with Crippen molar-refractivity contribution in [2.75, 3.05) is 44.6 Å². The van der Waals surface area contributed by atoms with E-state index in [0.29, 0.717) is 25.2 Å². The van der Waals surface area contributed by atoms with E-state index in [2.05, 4.69) is 15.2 Å². The van der Waals surface area contributed by atoms with Crippen LogP contribution in [0.1, 0.15) is 11.6 Å². The first kappa shape index (κ1) is 21.2. The van der Waals surface area contributed by atoms with Gasteiger partial charge in [0.25, 0.3) is 0 Å². The third kappa shape index (κ3) is 4.35. The number of carboxylic acid groups (broad SMARTS) is 1. The average Bonchev–Trinajstić information content (AvgIpc) is 3.23. The number of hydrogen-bond donors (Lipinski definition) is 3. The summed E-state index contributed by atoms with van der Waals surface area (Å²) >= 11 is 0. The molecule has 8 nitrogen and oxygen atoms in total. The monoisotopic (exact) mass is 446 g/mol. The molecule has 2 aromatic heterocycles. The minimum absolute atomic E-state index is 0.373. The van der Waals surface area contributed by atoms with Gasteiger partial charge in [-0.05, 0) is 18.2 Å². The van der Waals surface area contributed by atoms with Crippen LogP contribution in [0.5, 0.6) is 0 Å². The minimum Gasteiger partial charge on any atom is -0.480 e. The van der Waals surface area contributed by atoms with Crippen LogP contribution in [0.15, 0.2) is 70.0 Å². The maximum absolute atomic E-state index is 12.2. The number of aromatic amines is 1. The molecule has 2 aromatic carbocycles. The van der Waals surface area contributed by atoms with Gasteiger partial charge in [-0.3, -0.25) is 14.6 Å². The van der Waals surface area contributed by atoms with Crippen molar-refractivity contribution in [2.24, 2.45) is 0 Å². The van der Waals surface area contributed by atoms with Crippen molar-refractivity contribution >= 4 is 33.5 Å². The molecule has 0 saturated carbocycles. The Kier molecular flexibility index (Phi) is 5.85. The highest BCUT2D eigenvalue weighted by Crippen LogP contribution is 2.29. The highest BCUT2D eigenvalue weighted by atomic mass is 16.4. The summed E-state index contributed by atoms with van der Waals surface area (Å²) in [5.74, 6) is -0.829. The van der Waals surface area contributed by atoms with E-state index in [1.165, 1.54) is 6.07 Å². The number of aromatic nitrogens is 1. The van der Waals surface area contributed by atoms with Gasteiger partial charge >= 0.3 is 11.6 Å². The fraction of sp³-hybridized carbons (Fsp3) is 0.280. The zero-order chi connectivity index (χ0) is 22.8. The van der Waals surface area contributed by atoms with Gasteiger partial charge < -0.3 is 19.8 Å². The van der Waals surface area contributed by atoms with E-state index in [-0.39, 0.29) is 5.63 Å². The van der Waals surface area contributed by atoms with Crippen LogP contribution in [0, 0.1) is 0 Å². The second-order valence-electron chi connectivity index (χ2n) is 8.31. The number of nitrogens with zero attached hydrogens (tertiary/aromatic N) is 2. The first-order valence-corrected chi connectivity index (χ1v) is 11.1. The molecule has 0 aliphatic carbocycles. The van der Waals surface area contributed by atoms with Crippen molar-refractivity contribution < 1.29 is 14.3 Å². The molecule has 1 fully saturated rings. The molecule has 33 heavy (non-hydrogen) atoms. The fourth-order valence-corrected chi connectivity index (χ4v) is 4.66. The van der Waals surface area contributed by atoms with Crippen LogP contribution in [0.2, 0.25) is 0 Å². The molecule has 0 spiro atoms.